The summed E-state index contributed by atoms with van der Waals surface area (Å²) in [7, 11) is 0. The minimum Gasteiger partial charge on any atom is -0.0912 e. The summed E-state index contributed by atoms with van der Waals surface area (Å²) in [6, 6.07) is 8.08. The molecule has 0 radical (unpaired) electrons. The lowest BCUT2D eigenvalue weighted by molar-refractivity contribution is 1.50. The molecule has 0 atom stereocenters. The minimum absolute atomic E-state index is 1.06. The van der Waals surface area contributed by atoms with Crippen molar-refractivity contribution < 1.29 is 0 Å². The zero-order valence-electron chi connectivity index (χ0n) is 9.90. The van der Waals surface area contributed by atoms with Crippen molar-refractivity contribution in [1.82, 2.24) is 0 Å². The Labute approximate surface area is 93.0 Å². The summed E-state index contributed by atoms with van der Waals surface area (Å²) in [6.45, 7) is 9.94. The van der Waals surface area contributed by atoms with Gasteiger partial charge in [0.25, 0.3) is 0 Å². The van der Waals surface area contributed by atoms with Crippen molar-refractivity contribution in [2.45, 2.75) is 20.8 Å². The molecule has 0 bridgehead atoms. The highest BCUT2D eigenvalue weighted by molar-refractivity contribution is 5.38. The molecule has 80 valence electrons. The van der Waals surface area contributed by atoms with Crippen molar-refractivity contribution in [2.75, 3.05) is 0 Å². The summed E-state index contributed by atoms with van der Waals surface area (Å²) in [5, 5.41) is 2.23. The summed E-state index contributed by atoms with van der Waals surface area (Å²) in [6.07, 6.45) is 10.1. The van der Waals surface area contributed by atoms with Gasteiger partial charge in [0.05, 0.1) is 0 Å². The summed E-state index contributed by atoms with van der Waals surface area (Å²) >= 11 is 0. The lowest BCUT2D eigenvalue weighted by Gasteiger charge is -1.84. The molecule has 0 spiro atoms. The molecule has 0 heterocycles. The van der Waals surface area contributed by atoms with E-state index in [0.717, 1.165) is 5.22 Å². The maximum absolute atomic E-state index is 3.94. The van der Waals surface area contributed by atoms with E-state index in [1.54, 1.807) is 0 Å². The largest absolute Gasteiger partial charge is 0.0912 e. The molecule has 0 saturated carbocycles. The Morgan fingerprint density at radius 1 is 1.00 bits per heavy atom. The lowest BCUT2D eigenvalue weighted by atomic mass is 10.2. The molecule has 0 unspecified atom stereocenters. The van der Waals surface area contributed by atoms with Crippen molar-refractivity contribution in [2.24, 2.45) is 0 Å². The Morgan fingerprint density at radius 3 is 2.27 bits per heavy atom. The highest BCUT2D eigenvalue weighted by atomic mass is 13.8. The third kappa shape index (κ3) is 5.69. The molecule has 1 aromatic carbocycles. The number of hydrogen-bond donors (Lipinski definition) is 0. The Balaban J connectivity index is 0.000000921. The van der Waals surface area contributed by atoms with E-state index in [1.165, 1.54) is 5.22 Å². The first-order valence-electron chi connectivity index (χ1n) is 5.38. The number of hydrogen-bond acceptors (Lipinski definition) is 0. The second-order valence-corrected chi connectivity index (χ2v) is 2.78. The van der Waals surface area contributed by atoms with Gasteiger partial charge in [0.2, 0.25) is 0 Å². The predicted molar refractivity (Wildman–Crippen MR) is 71.0 cm³/mol. The molecule has 0 fully saturated rings. The first-order valence-corrected chi connectivity index (χ1v) is 5.38. The van der Waals surface area contributed by atoms with Crippen LogP contribution in [-0.2, 0) is 0 Å². The van der Waals surface area contributed by atoms with Crippen LogP contribution in [0.5, 0.6) is 0 Å². The molecule has 0 N–H and O–H groups in total. The van der Waals surface area contributed by atoms with Gasteiger partial charge in [-0.1, -0.05) is 75.1 Å². The van der Waals surface area contributed by atoms with E-state index in [4.69, 9.17) is 0 Å². The zero-order valence-corrected chi connectivity index (χ0v) is 9.90. The molecule has 0 saturated heterocycles. The van der Waals surface area contributed by atoms with E-state index in [2.05, 4.69) is 18.7 Å². The quantitative estimate of drug-likeness (QED) is 0.644. The molecule has 0 nitrogen and oxygen atoms in total. The van der Waals surface area contributed by atoms with Gasteiger partial charge in [-0.25, -0.2) is 0 Å². The van der Waals surface area contributed by atoms with Crippen molar-refractivity contribution in [1.29, 1.82) is 0 Å². The first-order chi connectivity index (χ1) is 7.34. The van der Waals surface area contributed by atoms with Crippen molar-refractivity contribution in [3.8, 4) is 0 Å². The molecule has 1 rings (SSSR count). The minimum atomic E-state index is 1.06. The van der Waals surface area contributed by atoms with Crippen LogP contribution in [0.15, 0.2) is 48.6 Å². The van der Waals surface area contributed by atoms with Gasteiger partial charge < -0.3 is 0 Å². The molecule has 0 aliphatic rings. The fourth-order valence-electron chi connectivity index (χ4n) is 1.03. The molecule has 0 aliphatic carbocycles. The normalized spacial score (nSPS) is 11.8. The van der Waals surface area contributed by atoms with Crippen molar-refractivity contribution in [3.63, 3.8) is 0 Å². The van der Waals surface area contributed by atoms with Crippen LogP contribution in [0.4, 0.5) is 0 Å². The first kappa shape index (κ1) is 13.4. The van der Waals surface area contributed by atoms with E-state index in [0.29, 0.717) is 0 Å². The van der Waals surface area contributed by atoms with E-state index in [-0.39, 0.29) is 0 Å². The second kappa shape index (κ2) is 9.01. The Morgan fingerprint density at radius 2 is 1.67 bits per heavy atom. The average Bonchev–Trinajstić information content (AvgIpc) is 2.29. The summed E-state index contributed by atoms with van der Waals surface area (Å²) in [5.74, 6) is 0. The summed E-state index contributed by atoms with van der Waals surface area (Å²) in [4.78, 5) is 0. The smallest absolute Gasteiger partial charge is 0.0190 e. The van der Waals surface area contributed by atoms with Gasteiger partial charge >= 0.3 is 0 Å². The highest BCUT2D eigenvalue weighted by Gasteiger charge is 1.76. The number of benzene rings is 1. The van der Waals surface area contributed by atoms with Crippen LogP contribution in [0, 0.1) is 0 Å². The number of rotatable bonds is 2. The zero-order chi connectivity index (χ0) is 11.5. The number of allylic oxidation sites excluding steroid dienone is 4. The highest BCUT2D eigenvalue weighted by Crippen LogP contribution is 1.77. The second-order valence-electron chi connectivity index (χ2n) is 2.78. The van der Waals surface area contributed by atoms with Gasteiger partial charge in [-0.05, 0) is 17.4 Å². The van der Waals surface area contributed by atoms with E-state index < -0.39 is 0 Å². The van der Waals surface area contributed by atoms with Gasteiger partial charge in [-0.3, -0.25) is 0 Å². The van der Waals surface area contributed by atoms with Crippen LogP contribution in [0.3, 0.4) is 0 Å². The molecule has 15 heavy (non-hydrogen) atoms. The SMILES string of the molecule is C=c1cccc/c1=C/C=C\C=CC.CC. The molecule has 0 amide bonds. The monoisotopic (exact) mass is 200 g/mol. The van der Waals surface area contributed by atoms with Gasteiger partial charge in [-0.15, -0.1) is 0 Å². The molecule has 1 aromatic rings. The lowest BCUT2D eigenvalue weighted by Crippen LogP contribution is -2.21. The van der Waals surface area contributed by atoms with E-state index >= 15 is 0 Å². The third-order valence-electron chi connectivity index (χ3n) is 1.75. The third-order valence-corrected chi connectivity index (χ3v) is 1.75. The van der Waals surface area contributed by atoms with Crippen LogP contribution in [0.2, 0.25) is 0 Å². The van der Waals surface area contributed by atoms with Crippen LogP contribution >= 0.6 is 0 Å². The Hall–Kier alpha value is -1.56. The predicted octanol–water partition coefficient (Wildman–Crippen LogP) is 3.04. The van der Waals surface area contributed by atoms with Gasteiger partial charge in [0, 0.05) is 0 Å². The van der Waals surface area contributed by atoms with Crippen LogP contribution in [0.25, 0.3) is 12.7 Å². The Kier molecular flexibility index (Phi) is 8.08. The van der Waals surface area contributed by atoms with E-state index in [1.807, 2.05) is 63.3 Å². The molecule has 0 heteroatoms. The summed E-state index contributed by atoms with van der Waals surface area (Å²) < 4.78 is 0. The fraction of sp³-hybridized carbons (Fsp3) is 0.200. The van der Waals surface area contributed by atoms with Gasteiger partial charge in [-0.2, -0.15) is 0 Å². The van der Waals surface area contributed by atoms with Crippen molar-refractivity contribution in [3.05, 3.63) is 59.0 Å². The average molecular weight is 200 g/mol. The maximum Gasteiger partial charge on any atom is -0.0190 e. The van der Waals surface area contributed by atoms with Crippen molar-refractivity contribution >= 4 is 12.7 Å². The van der Waals surface area contributed by atoms with Crippen LogP contribution in [0.1, 0.15) is 20.8 Å². The van der Waals surface area contributed by atoms with Gasteiger partial charge in [0.1, 0.15) is 0 Å². The fourth-order valence-corrected chi connectivity index (χ4v) is 1.03. The van der Waals surface area contributed by atoms with E-state index in [9.17, 15) is 0 Å². The summed E-state index contributed by atoms with van der Waals surface area (Å²) in [5.41, 5.74) is 0. The standard InChI is InChI=1S/C13H14.C2H6/c1-3-4-5-6-10-13-11-8-7-9-12(13)2;1-2/h3-11H,2H2,1H3;1-2H3/b4-3?,6-5-,13-10-;. The molecule has 0 aliphatic heterocycles. The molecule has 0 aromatic heterocycles. The van der Waals surface area contributed by atoms with Gasteiger partial charge in [0.15, 0.2) is 0 Å². The molecular formula is C15H20. The van der Waals surface area contributed by atoms with Crippen LogP contribution in [-0.4, -0.2) is 0 Å². The van der Waals surface area contributed by atoms with Crippen LogP contribution < -0.4 is 10.4 Å². The Bertz CT molecular complexity index is 408. The molecular weight excluding hydrogens is 180 g/mol. The maximum atomic E-state index is 3.94. The topological polar surface area (TPSA) is 0 Å².